The van der Waals surface area contributed by atoms with Crippen LogP contribution in [0, 0.1) is 12.8 Å². The monoisotopic (exact) mass is 263 g/mol. The van der Waals surface area contributed by atoms with Gasteiger partial charge in [0.15, 0.2) is 0 Å². The van der Waals surface area contributed by atoms with Crippen LogP contribution < -0.4 is 4.90 Å². The zero-order chi connectivity index (χ0) is 13.8. The molecule has 0 amide bonds. The maximum atomic E-state index is 9.27. The third kappa shape index (κ3) is 3.91. The lowest BCUT2D eigenvalue weighted by atomic mass is 9.96. The molecule has 1 saturated heterocycles. The number of pyridine rings is 1. The maximum absolute atomic E-state index is 9.27. The van der Waals surface area contributed by atoms with E-state index in [1.807, 2.05) is 19.1 Å². The van der Waals surface area contributed by atoms with Gasteiger partial charge in [0, 0.05) is 25.3 Å². The Bertz CT molecular complexity index is 412. The van der Waals surface area contributed by atoms with Crippen LogP contribution in [0.15, 0.2) is 12.1 Å². The zero-order valence-electron chi connectivity index (χ0n) is 12.3. The first kappa shape index (κ1) is 14.3. The molecule has 1 N–H and O–H groups in total. The van der Waals surface area contributed by atoms with Crippen LogP contribution in [0.1, 0.15) is 24.1 Å². The van der Waals surface area contributed by atoms with Crippen LogP contribution in [-0.2, 0) is 6.61 Å². The second-order valence-electron chi connectivity index (χ2n) is 5.83. The predicted octanol–water partition coefficient (Wildman–Crippen LogP) is 1.66. The van der Waals surface area contributed by atoms with Gasteiger partial charge >= 0.3 is 0 Å². The fourth-order valence-corrected chi connectivity index (χ4v) is 2.84. The molecule has 1 aromatic rings. The third-order valence-corrected chi connectivity index (χ3v) is 3.74. The molecule has 106 valence electrons. The number of aryl methyl sites for hydroxylation is 1. The number of piperidine rings is 1. The Kier molecular flexibility index (Phi) is 4.77. The summed E-state index contributed by atoms with van der Waals surface area (Å²) in [5, 5.41) is 9.27. The van der Waals surface area contributed by atoms with E-state index in [1.54, 1.807) is 0 Å². The van der Waals surface area contributed by atoms with Crippen molar-refractivity contribution in [2.75, 3.05) is 38.6 Å². The van der Waals surface area contributed by atoms with Gasteiger partial charge in [-0.2, -0.15) is 0 Å². The van der Waals surface area contributed by atoms with Crippen molar-refractivity contribution in [1.29, 1.82) is 0 Å². The highest BCUT2D eigenvalue weighted by Crippen LogP contribution is 2.23. The fourth-order valence-electron chi connectivity index (χ4n) is 2.84. The van der Waals surface area contributed by atoms with Gasteiger partial charge in [-0.25, -0.2) is 4.98 Å². The van der Waals surface area contributed by atoms with Crippen LogP contribution in [0.2, 0.25) is 0 Å². The van der Waals surface area contributed by atoms with E-state index in [1.165, 1.54) is 19.4 Å². The van der Waals surface area contributed by atoms with E-state index in [-0.39, 0.29) is 6.61 Å². The highest BCUT2D eigenvalue weighted by atomic mass is 16.3. The van der Waals surface area contributed by atoms with Gasteiger partial charge in [0.1, 0.15) is 5.82 Å². The molecule has 2 heterocycles. The van der Waals surface area contributed by atoms with E-state index >= 15 is 0 Å². The molecule has 0 saturated carbocycles. The summed E-state index contributed by atoms with van der Waals surface area (Å²) in [6, 6.07) is 3.96. The average Bonchev–Trinajstić information content (AvgIpc) is 2.38. The van der Waals surface area contributed by atoms with E-state index in [0.29, 0.717) is 0 Å². The number of aliphatic hydroxyl groups excluding tert-OH is 1. The van der Waals surface area contributed by atoms with E-state index in [9.17, 15) is 5.11 Å². The van der Waals surface area contributed by atoms with Crippen LogP contribution >= 0.6 is 0 Å². The lowest BCUT2D eigenvalue weighted by molar-refractivity contribution is 0.280. The number of anilines is 1. The van der Waals surface area contributed by atoms with Crippen molar-refractivity contribution < 1.29 is 5.11 Å². The van der Waals surface area contributed by atoms with Crippen molar-refractivity contribution in [3.8, 4) is 0 Å². The maximum Gasteiger partial charge on any atom is 0.129 e. The molecule has 0 unspecified atom stereocenters. The minimum atomic E-state index is 0.0907. The number of rotatable bonds is 4. The normalized spacial score (nSPS) is 17.2. The fraction of sp³-hybridized carbons (Fsp3) is 0.667. The molecule has 2 rings (SSSR count). The Morgan fingerprint density at radius 1 is 1.32 bits per heavy atom. The van der Waals surface area contributed by atoms with Crippen LogP contribution in [0.4, 0.5) is 5.82 Å². The summed E-state index contributed by atoms with van der Waals surface area (Å²) in [6.07, 6.45) is 2.45. The molecule has 0 aliphatic carbocycles. The molecule has 1 aliphatic rings. The first-order valence-corrected chi connectivity index (χ1v) is 7.06. The van der Waals surface area contributed by atoms with Gasteiger partial charge in [-0.3, -0.25) is 0 Å². The Morgan fingerprint density at radius 2 is 2.00 bits per heavy atom. The molecule has 0 atom stereocenters. The molecule has 0 bridgehead atoms. The summed E-state index contributed by atoms with van der Waals surface area (Å²) >= 11 is 0. The van der Waals surface area contributed by atoms with Crippen molar-refractivity contribution in [3.05, 3.63) is 23.4 Å². The Morgan fingerprint density at radius 3 is 2.58 bits per heavy atom. The summed E-state index contributed by atoms with van der Waals surface area (Å²) in [5.41, 5.74) is 1.94. The standard InChI is InChI=1S/C15H25N3O/c1-12-8-14(11-19)9-15(16-12)18-6-4-13(5-7-18)10-17(2)3/h8-9,13,19H,4-7,10-11H2,1-3H3. The van der Waals surface area contributed by atoms with Gasteiger partial charge < -0.3 is 14.9 Å². The molecule has 0 aromatic carbocycles. The second kappa shape index (κ2) is 6.35. The highest BCUT2D eigenvalue weighted by Gasteiger charge is 2.20. The zero-order valence-corrected chi connectivity index (χ0v) is 12.3. The van der Waals surface area contributed by atoms with Gasteiger partial charge in [0.05, 0.1) is 6.61 Å². The molecular weight excluding hydrogens is 238 g/mol. The number of nitrogens with zero attached hydrogens (tertiary/aromatic N) is 3. The van der Waals surface area contributed by atoms with Crippen molar-refractivity contribution in [2.24, 2.45) is 5.92 Å². The minimum Gasteiger partial charge on any atom is -0.392 e. The molecular formula is C15H25N3O. The lowest BCUT2D eigenvalue weighted by Gasteiger charge is -2.34. The van der Waals surface area contributed by atoms with Crippen LogP contribution in [0.25, 0.3) is 0 Å². The van der Waals surface area contributed by atoms with Gasteiger partial charge in [-0.05, 0) is 57.5 Å². The van der Waals surface area contributed by atoms with E-state index < -0.39 is 0 Å². The first-order valence-electron chi connectivity index (χ1n) is 7.06. The molecule has 0 radical (unpaired) electrons. The van der Waals surface area contributed by atoms with Gasteiger partial charge in [0.2, 0.25) is 0 Å². The number of aliphatic hydroxyl groups is 1. The minimum absolute atomic E-state index is 0.0907. The van der Waals surface area contributed by atoms with Crippen LogP contribution in [0.3, 0.4) is 0 Å². The summed E-state index contributed by atoms with van der Waals surface area (Å²) in [7, 11) is 4.28. The molecule has 0 spiro atoms. The number of hydrogen-bond donors (Lipinski definition) is 1. The molecule has 4 heteroatoms. The van der Waals surface area contributed by atoms with Gasteiger partial charge in [-0.1, -0.05) is 0 Å². The van der Waals surface area contributed by atoms with Gasteiger partial charge in [-0.15, -0.1) is 0 Å². The molecule has 1 fully saturated rings. The largest absolute Gasteiger partial charge is 0.392 e. The van der Waals surface area contributed by atoms with E-state index in [2.05, 4.69) is 28.9 Å². The number of hydrogen-bond acceptors (Lipinski definition) is 4. The predicted molar refractivity (Wildman–Crippen MR) is 78.4 cm³/mol. The lowest BCUT2D eigenvalue weighted by Crippen LogP contribution is -2.37. The Hall–Kier alpha value is -1.13. The first-order chi connectivity index (χ1) is 9.08. The third-order valence-electron chi connectivity index (χ3n) is 3.74. The summed E-state index contributed by atoms with van der Waals surface area (Å²) in [4.78, 5) is 9.21. The summed E-state index contributed by atoms with van der Waals surface area (Å²) < 4.78 is 0. The number of aromatic nitrogens is 1. The van der Waals surface area contributed by atoms with E-state index in [0.717, 1.165) is 36.1 Å². The van der Waals surface area contributed by atoms with Crippen molar-refractivity contribution in [1.82, 2.24) is 9.88 Å². The quantitative estimate of drug-likeness (QED) is 0.897. The molecule has 19 heavy (non-hydrogen) atoms. The van der Waals surface area contributed by atoms with Crippen LogP contribution in [0.5, 0.6) is 0 Å². The summed E-state index contributed by atoms with van der Waals surface area (Å²) in [5.74, 6) is 1.82. The SMILES string of the molecule is Cc1cc(CO)cc(N2CCC(CN(C)C)CC2)n1. The van der Waals surface area contributed by atoms with Gasteiger partial charge in [0.25, 0.3) is 0 Å². The Balaban J connectivity index is 1.99. The summed E-state index contributed by atoms with van der Waals surface area (Å²) in [6.45, 7) is 5.39. The van der Waals surface area contributed by atoms with Crippen molar-refractivity contribution in [3.63, 3.8) is 0 Å². The molecule has 4 nitrogen and oxygen atoms in total. The Labute approximate surface area is 116 Å². The highest BCUT2D eigenvalue weighted by molar-refractivity contribution is 5.42. The van der Waals surface area contributed by atoms with Crippen molar-refractivity contribution >= 4 is 5.82 Å². The topological polar surface area (TPSA) is 39.6 Å². The van der Waals surface area contributed by atoms with Crippen molar-refractivity contribution in [2.45, 2.75) is 26.4 Å². The average molecular weight is 263 g/mol. The molecule has 1 aliphatic heterocycles. The van der Waals surface area contributed by atoms with Crippen LogP contribution in [-0.4, -0.2) is 48.7 Å². The second-order valence-corrected chi connectivity index (χ2v) is 5.83. The molecule has 1 aromatic heterocycles. The smallest absolute Gasteiger partial charge is 0.129 e. The van der Waals surface area contributed by atoms with E-state index in [4.69, 9.17) is 0 Å².